The number of aromatic carboxylic acids is 1. The van der Waals surface area contributed by atoms with Gasteiger partial charge in [0.1, 0.15) is 11.6 Å². The summed E-state index contributed by atoms with van der Waals surface area (Å²) < 4.78 is 14.0. The molecule has 6 heteroatoms. The summed E-state index contributed by atoms with van der Waals surface area (Å²) in [7, 11) is 0. The van der Waals surface area contributed by atoms with Crippen molar-refractivity contribution in [3.8, 4) is 5.75 Å². The molecule has 1 aliphatic carbocycles. The van der Waals surface area contributed by atoms with Gasteiger partial charge < -0.3 is 15.5 Å². The molecule has 0 saturated heterocycles. The molecular weight excluding hydrogens is 421 g/mol. The summed E-state index contributed by atoms with van der Waals surface area (Å²) in [5.74, 6) is -3.14. The number of anilines is 1. The second kappa shape index (κ2) is 8.20. The molecule has 5 nitrogen and oxygen atoms in total. The minimum atomic E-state index is -1.39. The number of phenolic OH excluding ortho intramolecular Hbond substituents is 1. The molecule has 1 amide bonds. The lowest BCUT2D eigenvalue weighted by Gasteiger charge is -2.33. The third-order valence-electron chi connectivity index (χ3n) is 6.04. The molecule has 0 spiro atoms. The molecule has 1 aliphatic rings. The predicted octanol–water partition coefficient (Wildman–Crippen LogP) is 5.90. The maximum atomic E-state index is 14.0. The average molecular weight is 445 g/mol. The molecular formula is C27H24FNO4. The summed E-state index contributed by atoms with van der Waals surface area (Å²) in [5, 5.41) is 22.2. The summed E-state index contributed by atoms with van der Waals surface area (Å²) >= 11 is 0. The molecule has 33 heavy (non-hydrogen) atoms. The van der Waals surface area contributed by atoms with E-state index in [-0.39, 0.29) is 22.4 Å². The van der Waals surface area contributed by atoms with Crippen molar-refractivity contribution in [3.63, 3.8) is 0 Å². The van der Waals surface area contributed by atoms with E-state index in [1.165, 1.54) is 6.07 Å². The topological polar surface area (TPSA) is 86.6 Å². The van der Waals surface area contributed by atoms with E-state index in [2.05, 4.69) is 25.2 Å². The predicted molar refractivity (Wildman–Crippen MR) is 125 cm³/mol. The Morgan fingerprint density at radius 2 is 1.70 bits per heavy atom. The van der Waals surface area contributed by atoms with Gasteiger partial charge in [0.15, 0.2) is 0 Å². The number of carbonyl (C=O) groups excluding carboxylic acids is 1. The summed E-state index contributed by atoms with van der Waals surface area (Å²) in [6, 6.07) is 14.7. The molecule has 0 aliphatic heterocycles. The largest absolute Gasteiger partial charge is 0.507 e. The van der Waals surface area contributed by atoms with Crippen LogP contribution in [0.25, 0.3) is 5.57 Å². The molecule has 168 valence electrons. The minimum absolute atomic E-state index is 0.0483. The van der Waals surface area contributed by atoms with E-state index in [1.807, 2.05) is 31.2 Å². The van der Waals surface area contributed by atoms with Gasteiger partial charge in [0, 0.05) is 5.69 Å². The molecule has 0 fully saturated rings. The van der Waals surface area contributed by atoms with Gasteiger partial charge in [-0.05, 0) is 71.4 Å². The van der Waals surface area contributed by atoms with Gasteiger partial charge in [-0.2, -0.15) is 0 Å². The molecule has 0 aromatic heterocycles. The van der Waals surface area contributed by atoms with Gasteiger partial charge in [0.25, 0.3) is 5.91 Å². The van der Waals surface area contributed by atoms with Gasteiger partial charge in [0.2, 0.25) is 0 Å². The number of aryl methyl sites for hydroxylation is 1. The first kappa shape index (κ1) is 22.3. The number of hydrogen-bond acceptors (Lipinski definition) is 3. The molecule has 0 saturated carbocycles. The third-order valence-corrected chi connectivity index (χ3v) is 6.04. The number of phenols is 1. The molecule has 0 unspecified atom stereocenters. The Hall–Kier alpha value is -3.93. The second-order valence-electron chi connectivity index (χ2n) is 8.94. The first-order chi connectivity index (χ1) is 15.6. The summed E-state index contributed by atoms with van der Waals surface area (Å²) in [6.45, 7) is 6.18. The number of carbonyl (C=O) groups is 2. The number of rotatable bonds is 4. The van der Waals surface area contributed by atoms with E-state index in [0.29, 0.717) is 0 Å². The fraction of sp³-hybridized carbons (Fsp3) is 0.185. The number of carboxylic acids is 1. The smallest absolute Gasteiger partial charge is 0.338 e. The molecule has 3 N–H and O–H groups in total. The van der Waals surface area contributed by atoms with Crippen LogP contribution in [0.1, 0.15) is 63.2 Å². The molecule has 3 aromatic rings. The van der Waals surface area contributed by atoms with Crippen molar-refractivity contribution in [2.45, 2.75) is 32.6 Å². The van der Waals surface area contributed by atoms with Gasteiger partial charge >= 0.3 is 5.97 Å². The highest BCUT2D eigenvalue weighted by Crippen LogP contribution is 2.43. The Labute approximate surface area is 191 Å². The fourth-order valence-electron chi connectivity index (χ4n) is 4.10. The number of hydrogen-bond donors (Lipinski definition) is 3. The highest BCUT2D eigenvalue weighted by atomic mass is 19.1. The van der Waals surface area contributed by atoms with Gasteiger partial charge in [-0.3, -0.25) is 4.79 Å². The highest BCUT2D eigenvalue weighted by Gasteiger charge is 2.31. The van der Waals surface area contributed by atoms with Gasteiger partial charge in [0.05, 0.1) is 11.1 Å². The van der Waals surface area contributed by atoms with Crippen LogP contribution in [-0.4, -0.2) is 22.1 Å². The van der Waals surface area contributed by atoms with Crippen LogP contribution in [0.3, 0.4) is 0 Å². The van der Waals surface area contributed by atoms with Crippen molar-refractivity contribution in [2.75, 3.05) is 5.32 Å². The summed E-state index contributed by atoms with van der Waals surface area (Å²) in [6.07, 6.45) is 2.93. The van der Waals surface area contributed by atoms with E-state index >= 15 is 0 Å². The van der Waals surface area contributed by atoms with E-state index in [0.717, 1.165) is 46.4 Å². The lowest BCUT2D eigenvalue weighted by molar-refractivity contribution is 0.0691. The molecule has 3 aromatic carbocycles. The number of halogens is 1. The number of allylic oxidation sites excluding steroid dienone is 1. The third kappa shape index (κ3) is 4.24. The number of fused-ring (bicyclic) bond motifs is 1. The number of carboxylic acid groups (broad SMARTS) is 1. The van der Waals surface area contributed by atoms with E-state index < -0.39 is 23.3 Å². The SMILES string of the molecule is Cc1ccc(C2=CCC(C)(C)c3cc(O)c(C(=O)Nc4ccc(C(=O)O)c(F)c4)cc32)cc1. The van der Waals surface area contributed by atoms with Crippen molar-refractivity contribution >= 4 is 23.1 Å². The monoisotopic (exact) mass is 445 g/mol. The maximum absolute atomic E-state index is 14.0. The molecule has 0 radical (unpaired) electrons. The zero-order chi connectivity index (χ0) is 23.9. The van der Waals surface area contributed by atoms with Crippen LogP contribution in [0.2, 0.25) is 0 Å². The van der Waals surface area contributed by atoms with Crippen molar-refractivity contribution in [2.24, 2.45) is 0 Å². The summed E-state index contributed by atoms with van der Waals surface area (Å²) in [5.41, 5.74) is 4.35. The molecule has 0 heterocycles. The Morgan fingerprint density at radius 3 is 2.33 bits per heavy atom. The van der Waals surface area contributed by atoms with Crippen molar-refractivity contribution < 1.29 is 24.2 Å². The first-order valence-electron chi connectivity index (χ1n) is 10.6. The number of aromatic hydroxyl groups is 1. The quantitative estimate of drug-likeness (QED) is 0.466. The normalized spacial score (nSPS) is 14.2. The highest BCUT2D eigenvalue weighted by molar-refractivity contribution is 6.07. The van der Waals surface area contributed by atoms with Gasteiger partial charge in [-0.25, -0.2) is 9.18 Å². The van der Waals surface area contributed by atoms with Crippen molar-refractivity contribution in [1.82, 2.24) is 0 Å². The number of nitrogens with one attached hydrogen (secondary N) is 1. The van der Waals surface area contributed by atoms with Crippen LogP contribution in [0.15, 0.2) is 60.7 Å². The van der Waals surface area contributed by atoms with Gasteiger partial charge in [-0.1, -0.05) is 49.8 Å². The molecule has 0 atom stereocenters. The average Bonchev–Trinajstić information content (AvgIpc) is 2.74. The first-order valence-corrected chi connectivity index (χ1v) is 10.6. The van der Waals surface area contributed by atoms with Gasteiger partial charge in [-0.15, -0.1) is 0 Å². The van der Waals surface area contributed by atoms with E-state index in [9.17, 15) is 19.1 Å². The zero-order valence-corrected chi connectivity index (χ0v) is 18.6. The van der Waals surface area contributed by atoms with Crippen LogP contribution in [0.4, 0.5) is 10.1 Å². The molecule has 0 bridgehead atoms. The number of amides is 1. The van der Waals surface area contributed by atoms with Crippen LogP contribution in [0, 0.1) is 12.7 Å². The Balaban J connectivity index is 1.74. The Kier molecular flexibility index (Phi) is 5.54. The van der Waals surface area contributed by atoms with Crippen LogP contribution in [-0.2, 0) is 5.41 Å². The Morgan fingerprint density at radius 1 is 1.00 bits per heavy atom. The lowest BCUT2D eigenvalue weighted by Crippen LogP contribution is -2.23. The number of benzene rings is 3. The fourth-order valence-corrected chi connectivity index (χ4v) is 4.10. The Bertz CT molecular complexity index is 1310. The maximum Gasteiger partial charge on any atom is 0.338 e. The zero-order valence-electron chi connectivity index (χ0n) is 18.6. The van der Waals surface area contributed by atoms with Crippen LogP contribution >= 0.6 is 0 Å². The standard InChI is InChI=1S/C27H24FNO4/c1-15-4-6-16(7-5-15)18-10-11-27(2,3)22-14-24(30)21(13-20(18)22)25(31)29-17-8-9-19(26(32)33)23(28)12-17/h4-10,12-14,30H,11H2,1-3H3,(H,29,31)(H,32,33). The second-order valence-corrected chi connectivity index (χ2v) is 8.94. The minimum Gasteiger partial charge on any atom is -0.507 e. The molecule has 4 rings (SSSR count). The van der Waals surface area contributed by atoms with Crippen LogP contribution in [0.5, 0.6) is 5.75 Å². The van der Waals surface area contributed by atoms with Crippen molar-refractivity contribution in [1.29, 1.82) is 0 Å². The van der Waals surface area contributed by atoms with E-state index in [4.69, 9.17) is 5.11 Å². The lowest BCUT2D eigenvalue weighted by atomic mass is 9.71. The van der Waals surface area contributed by atoms with Crippen molar-refractivity contribution in [3.05, 3.63) is 99.9 Å². The summed E-state index contributed by atoms with van der Waals surface area (Å²) in [4.78, 5) is 24.0. The van der Waals surface area contributed by atoms with Crippen LogP contribution < -0.4 is 5.32 Å². The van der Waals surface area contributed by atoms with E-state index in [1.54, 1.807) is 12.1 Å².